The molecule has 2 heterocycles. The van der Waals surface area contributed by atoms with Crippen molar-refractivity contribution in [1.82, 2.24) is 4.90 Å². The van der Waals surface area contributed by atoms with E-state index in [0.29, 0.717) is 31.1 Å². The number of amides is 2. The Bertz CT molecular complexity index is 819. The normalized spacial score (nSPS) is 19.4. The van der Waals surface area contributed by atoms with Crippen LogP contribution in [0.5, 0.6) is 0 Å². The van der Waals surface area contributed by atoms with Crippen molar-refractivity contribution >= 4 is 29.1 Å². The number of carbonyl (C=O) groups excluding carboxylic acids is 2. The molecule has 0 saturated carbocycles. The Balaban J connectivity index is 1.45. The highest BCUT2D eigenvalue weighted by Gasteiger charge is 2.38. The summed E-state index contributed by atoms with van der Waals surface area (Å²) >= 11 is 5.90. The minimum absolute atomic E-state index is 0.0424. The van der Waals surface area contributed by atoms with Crippen molar-refractivity contribution in [3.63, 3.8) is 0 Å². The van der Waals surface area contributed by atoms with E-state index in [9.17, 15) is 9.59 Å². The van der Waals surface area contributed by atoms with Crippen LogP contribution >= 0.6 is 11.6 Å². The van der Waals surface area contributed by atoms with Gasteiger partial charge in [-0.05, 0) is 35.7 Å². The number of hydrogen-bond acceptors (Lipinski definition) is 2. The monoisotopic (exact) mass is 354 g/mol. The van der Waals surface area contributed by atoms with Crippen LogP contribution in [0, 0.1) is 5.92 Å². The summed E-state index contributed by atoms with van der Waals surface area (Å²) in [5.74, 6) is -0.149. The smallest absolute Gasteiger partial charge is 0.232 e. The first-order valence-corrected chi connectivity index (χ1v) is 8.91. The van der Waals surface area contributed by atoms with Gasteiger partial charge in [0.15, 0.2) is 0 Å². The van der Waals surface area contributed by atoms with Crippen LogP contribution in [0.25, 0.3) is 0 Å². The second kappa shape index (κ2) is 6.52. The molecule has 4 rings (SSSR count). The Morgan fingerprint density at radius 1 is 1.12 bits per heavy atom. The average Bonchev–Trinajstić information content (AvgIpc) is 3.20. The second-order valence-corrected chi connectivity index (χ2v) is 7.11. The van der Waals surface area contributed by atoms with E-state index in [1.165, 1.54) is 5.56 Å². The Morgan fingerprint density at radius 3 is 2.68 bits per heavy atom. The van der Waals surface area contributed by atoms with Crippen molar-refractivity contribution in [1.29, 1.82) is 0 Å². The maximum atomic E-state index is 12.9. The van der Waals surface area contributed by atoms with Crippen molar-refractivity contribution in [2.24, 2.45) is 5.92 Å². The molecule has 2 amide bonds. The fraction of sp³-hybridized carbons (Fsp3) is 0.300. The highest BCUT2D eigenvalue weighted by atomic mass is 35.5. The van der Waals surface area contributed by atoms with Gasteiger partial charge in [0.25, 0.3) is 0 Å². The summed E-state index contributed by atoms with van der Waals surface area (Å²) < 4.78 is 0. The first-order valence-electron chi connectivity index (χ1n) is 8.53. The molecule has 25 heavy (non-hydrogen) atoms. The molecular formula is C20H19ClN2O2. The molecule has 0 N–H and O–H groups in total. The van der Waals surface area contributed by atoms with Crippen molar-refractivity contribution in [3.8, 4) is 0 Å². The number of hydrogen-bond donors (Lipinski definition) is 0. The third-order valence-corrected chi connectivity index (χ3v) is 5.26. The summed E-state index contributed by atoms with van der Waals surface area (Å²) in [5.41, 5.74) is 3.23. The lowest BCUT2D eigenvalue weighted by atomic mass is 10.1. The number of rotatable bonds is 3. The van der Waals surface area contributed by atoms with Gasteiger partial charge < -0.3 is 9.80 Å². The fourth-order valence-corrected chi connectivity index (χ4v) is 3.81. The molecule has 1 fully saturated rings. The number of halogens is 1. The number of nitrogens with zero attached hydrogens (tertiary/aromatic N) is 2. The van der Waals surface area contributed by atoms with E-state index in [4.69, 9.17) is 11.6 Å². The molecule has 0 spiro atoms. The fourth-order valence-electron chi connectivity index (χ4n) is 3.69. The lowest BCUT2D eigenvalue weighted by Gasteiger charge is -2.21. The van der Waals surface area contributed by atoms with Gasteiger partial charge in [0.2, 0.25) is 11.8 Å². The zero-order valence-electron chi connectivity index (χ0n) is 13.8. The lowest BCUT2D eigenvalue weighted by molar-refractivity contribution is -0.128. The maximum absolute atomic E-state index is 12.9. The van der Waals surface area contributed by atoms with E-state index in [2.05, 4.69) is 6.07 Å². The molecular weight excluding hydrogens is 336 g/mol. The molecule has 2 aromatic rings. The Kier molecular flexibility index (Phi) is 4.22. The summed E-state index contributed by atoms with van der Waals surface area (Å²) in [4.78, 5) is 28.9. The first-order chi connectivity index (χ1) is 12.1. The lowest BCUT2D eigenvalue weighted by Crippen LogP contribution is -2.36. The third kappa shape index (κ3) is 3.14. The number of benzene rings is 2. The van der Waals surface area contributed by atoms with E-state index in [0.717, 1.165) is 17.7 Å². The highest BCUT2D eigenvalue weighted by molar-refractivity contribution is 6.30. The van der Waals surface area contributed by atoms with Crippen molar-refractivity contribution < 1.29 is 9.59 Å². The molecule has 1 atom stereocenters. The van der Waals surface area contributed by atoms with Crippen LogP contribution in [0.15, 0.2) is 48.5 Å². The van der Waals surface area contributed by atoms with Crippen molar-refractivity contribution in [3.05, 3.63) is 64.7 Å². The summed E-state index contributed by atoms with van der Waals surface area (Å²) in [6.45, 7) is 1.72. The van der Waals surface area contributed by atoms with Gasteiger partial charge in [-0.15, -0.1) is 0 Å². The zero-order chi connectivity index (χ0) is 17.4. The predicted octanol–water partition coefficient (Wildman–Crippen LogP) is 3.28. The number of para-hydroxylation sites is 1. The highest BCUT2D eigenvalue weighted by Crippen LogP contribution is 2.31. The molecule has 128 valence electrons. The van der Waals surface area contributed by atoms with Gasteiger partial charge in [-0.1, -0.05) is 41.9 Å². The van der Waals surface area contributed by atoms with Crippen LogP contribution < -0.4 is 4.90 Å². The minimum Gasteiger partial charge on any atom is -0.338 e. The average molecular weight is 355 g/mol. The van der Waals surface area contributed by atoms with E-state index < -0.39 is 0 Å². The summed E-state index contributed by atoms with van der Waals surface area (Å²) in [7, 11) is 0. The second-order valence-electron chi connectivity index (χ2n) is 6.67. The van der Waals surface area contributed by atoms with E-state index in [-0.39, 0.29) is 17.7 Å². The van der Waals surface area contributed by atoms with Crippen LogP contribution in [-0.4, -0.2) is 29.8 Å². The Morgan fingerprint density at radius 2 is 1.88 bits per heavy atom. The van der Waals surface area contributed by atoms with Gasteiger partial charge in [0.05, 0.1) is 5.92 Å². The van der Waals surface area contributed by atoms with Crippen molar-refractivity contribution in [2.75, 3.05) is 18.0 Å². The molecule has 0 radical (unpaired) electrons. The number of carbonyl (C=O) groups is 2. The summed E-state index contributed by atoms with van der Waals surface area (Å²) in [6, 6.07) is 15.5. The third-order valence-electron chi connectivity index (χ3n) is 5.00. The Labute approximate surface area is 152 Å². The largest absolute Gasteiger partial charge is 0.338 e. The van der Waals surface area contributed by atoms with Gasteiger partial charge in [0, 0.05) is 36.8 Å². The maximum Gasteiger partial charge on any atom is 0.232 e. The van der Waals surface area contributed by atoms with Gasteiger partial charge >= 0.3 is 0 Å². The number of anilines is 1. The van der Waals surface area contributed by atoms with Crippen LogP contribution in [0.1, 0.15) is 17.5 Å². The minimum atomic E-state index is -0.258. The van der Waals surface area contributed by atoms with Gasteiger partial charge in [-0.2, -0.15) is 0 Å². The molecule has 2 aromatic carbocycles. The van der Waals surface area contributed by atoms with Gasteiger partial charge in [0.1, 0.15) is 0 Å². The molecule has 0 aliphatic carbocycles. The van der Waals surface area contributed by atoms with Gasteiger partial charge in [-0.3, -0.25) is 9.59 Å². The zero-order valence-corrected chi connectivity index (χ0v) is 14.6. The van der Waals surface area contributed by atoms with E-state index in [1.807, 2.05) is 47.4 Å². The standard InChI is InChI=1S/C20H19ClN2O2/c21-17-7-5-14(6-8-17)12-22-13-16(11-19(22)24)20(25)23-10-9-15-3-1-2-4-18(15)23/h1-8,16H,9-13H2. The van der Waals surface area contributed by atoms with Crippen LogP contribution in [0.3, 0.4) is 0 Å². The Hall–Kier alpha value is -2.33. The first kappa shape index (κ1) is 16.2. The van der Waals surface area contributed by atoms with Crippen LogP contribution in [0.2, 0.25) is 5.02 Å². The molecule has 2 aliphatic heterocycles. The molecule has 0 bridgehead atoms. The van der Waals surface area contributed by atoms with Gasteiger partial charge in [-0.25, -0.2) is 0 Å². The molecule has 5 heteroatoms. The molecule has 4 nitrogen and oxygen atoms in total. The molecule has 1 saturated heterocycles. The van der Waals surface area contributed by atoms with Crippen molar-refractivity contribution in [2.45, 2.75) is 19.4 Å². The van der Waals surface area contributed by atoms with E-state index in [1.54, 1.807) is 4.90 Å². The quantitative estimate of drug-likeness (QED) is 0.848. The SMILES string of the molecule is O=C1CC(C(=O)N2CCc3ccccc32)CN1Cc1ccc(Cl)cc1. The topological polar surface area (TPSA) is 40.6 Å². The van der Waals surface area contributed by atoms with E-state index >= 15 is 0 Å². The molecule has 1 unspecified atom stereocenters. The number of fused-ring (bicyclic) bond motifs is 1. The van der Waals surface area contributed by atoms with Crippen LogP contribution in [-0.2, 0) is 22.6 Å². The summed E-state index contributed by atoms with van der Waals surface area (Å²) in [6.07, 6.45) is 1.18. The number of likely N-dealkylation sites (tertiary alicyclic amines) is 1. The predicted molar refractivity (Wildman–Crippen MR) is 97.5 cm³/mol. The summed E-state index contributed by atoms with van der Waals surface area (Å²) in [5, 5.41) is 0.678. The molecule has 0 aromatic heterocycles. The van der Waals surface area contributed by atoms with Crippen LogP contribution in [0.4, 0.5) is 5.69 Å². The molecule has 2 aliphatic rings.